The Labute approximate surface area is 116 Å². The molecule has 106 valence electrons. The van der Waals surface area contributed by atoms with Gasteiger partial charge >= 0.3 is 0 Å². The lowest BCUT2D eigenvalue weighted by atomic mass is 10.1. The number of rotatable bonds is 4. The molecule has 0 saturated carbocycles. The lowest BCUT2D eigenvalue weighted by molar-refractivity contribution is 0.597. The molecule has 1 aromatic heterocycles. The summed E-state index contributed by atoms with van der Waals surface area (Å²) in [5.74, 6) is -0.738. The molecule has 2 aromatic rings. The highest BCUT2D eigenvalue weighted by Crippen LogP contribution is 2.23. The second-order valence-electron chi connectivity index (χ2n) is 4.18. The lowest BCUT2D eigenvalue weighted by Gasteiger charge is -2.12. The molecule has 1 heterocycles. The molecule has 1 aromatic carbocycles. The molecule has 0 unspecified atom stereocenters. The number of sulfonamides is 1. The molecule has 0 spiro atoms. The quantitative estimate of drug-likeness (QED) is 0.846. The maximum absolute atomic E-state index is 13.5. The van der Waals surface area contributed by atoms with E-state index < -0.39 is 15.8 Å². The van der Waals surface area contributed by atoms with Gasteiger partial charge in [-0.2, -0.15) is 0 Å². The Kier molecular flexibility index (Phi) is 3.89. The minimum atomic E-state index is -3.90. The first-order valence-electron chi connectivity index (χ1n) is 5.95. The summed E-state index contributed by atoms with van der Waals surface area (Å²) in [5.41, 5.74) is 6.42. The van der Waals surface area contributed by atoms with Gasteiger partial charge in [0.2, 0.25) is 0 Å². The van der Waals surface area contributed by atoms with Crippen LogP contribution in [0, 0.1) is 5.82 Å². The normalized spacial score (nSPS) is 11.3. The van der Waals surface area contributed by atoms with Crippen molar-refractivity contribution in [2.75, 3.05) is 10.5 Å². The van der Waals surface area contributed by atoms with Crippen LogP contribution in [0.2, 0.25) is 0 Å². The van der Waals surface area contributed by atoms with Crippen LogP contribution in [0.25, 0.3) is 0 Å². The topological polar surface area (TPSA) is 85.1 Å². The van der Waals surface area contributed by atoms with Crippen LogP contribution in [0.5, 0.6) is 0 Å². The van der Waals surface area contributed by atoms with Crippen LogP contribution in [-0.2, 0) is 16.4 Å². The molecule has 0 aliphatic carbocycles. The maximum Gasteiger partial charge on any atom is 0.262 e. The molecule has 0 atom stereocenters. The molecule has 5 nitrogen and oxygen atoms in total. The van der Waals surface area contributed by atoms with Gasteiger partial charge in [-0.3, -0.25) is 9.71 Å². The predicted molar refractivity (Wildman–Crippen MR) is 75.2 cm³/mol. The van der Waals surface area contributed by atoms with Crippen LogP contribution in [0.4, 0.5) is 15.8 Å². The van der Waals surface area contributed by atoms with Crippen molar-refractivity contribution in [1.82, 2.24) is 4.98 Å². The van der Waals surface area contributed by atoms with Crippen molar-refractivity contribution in [3.05, 3.63) is 48.0 Å². The van der Waals surface area contributed by atoms with Gasteiger partial charge in [-0.1, -0.05) is 13.0 Å². The number of aryl methyl sites for hydroxylation is 1. The Morgan fingerprint density at radius 1 is 1.35 bits per heavy atom. The summed E-state index contributed by atoms with van der Waals surface area (Å²) in [5, 5.41) is 0. The summed E-state index contributed by atoms with van der Waals surface area (Å²) in [6.07, 6.45) is 2.77. The Bertz CT molecular complexity index is 732. The number of halogens is 1. The van der Waals surface area contributed by atoms with Crippen LogP contribution in [0.3, 0.4) is 0 Å². The van der Waals surface area contributed by atoms with Gasteiger partial charge < -0.3 is 5.73 Å². The smallest absolute Gasteiger partial charge is 0.262 e. The first-order chi connectivity index (χ1) is 9.44. The summed E-state index contributed by atoms with van der Waals surface area (Å²) < 4.78 is 40.4. The van der Waals surface area contributed by atoms with Gasteiger partial charge in [0.1, 0.15) is 0 Å². The van der Waals surface area contributed by atoms with Crippen molar-refractivity contribution in [1.29, 1.82) is 0 Å². The van der Waals surface area contributed by atoms with E-state index in [0.29, 0.717) is 17.7 Å². The van der Waals surface area contributed by atoms with E-state index in [1.807, 2.05) is 6.92 Å². The minimum absolute atomic E-state index is 0.0520. The minimum Gasteiger partial charge on any atom is -0.399 e. The Morgan fingerprint density at radius 3 is 2.75 bits per heavy atom. The van der Waals surface area contributed by atoms with Crippen LogP contribution >= 0.6 is 0 Å². The number of aromatic nitrogens is 1. The summed E-state index contributed by atoms with van der Waals surface area (Å²) in [6.45, 7) is 1.83. The van der Waals surface area contributed by atoms with Crippen molar-refractivity contribution in [3.63, 3.8) is 0 Å². The van der Waals surface area contributed by atoms with Crippen molar-refractivity contribution < 1.29 is 12.8 Å². The zero-order valence-corrected chi connectivity index (χ0v) is 11.6. The molecule has 0 saturated heterocycles. The fourth-order valence-electron chi connectivity index (χ4n) is 1.77. The number of nitrogens with one attached hydrogen (secondary N) is 1. The highest BCUT2D eigenvalue weighted by Gasteiger charge is 2.19. The monoisotopic (exact) mass is 295 g/mol. The van der Waals surface area contributed by atoms with Gasteiger partial charge in [-0.15, -0.1) is 0 Å². The molecular formula is C13H14FN3O2S. The van der Waals surface area contributed by atoms with Crippen LogP contribution < -0.4 is 10.5 Å². The second-order valence-corrected chi connectivity index (χ2v) is 5.83. The second kappa shape index (κ2) is 5.46. The summed E-state index contributed by atoms with van der Waals surface area (Å²) in [6, 6.07) is 5.89. The van der Waals surface area contributed by atoms with Gasteiger partial charge in [0.15, 0.2) is 5.82 Å². The SMILES string of the molecule is CCc1ccc(N)cc1S(=O)(=O)Nc1ccncc1F. The zero-order chi connectivity index (χ0) is 14.8. The lowest BCUT2D eigenvalue weighted by Crippen LogP contribution is -2.16. The molecule has 7 heteroatoms. The number of hydrogen-bond donors (Lipinski definition) is 2. The van der Waals surface area contributed by atoms with Gasteiger partial charge in [-0.25, -0.2) is 12.8 Å². The maximum atomic E-state index is 13.5. The number of anilines is 2. The molecule has 0 amide bonds. The first-order valence-corrected chi connectivity index (χ1v) is 7.43. The fourth-order valence-corrected chi connectivity index (χ4v) is 3.18. The third-order valence-electron chi connectivity index (χ3n) is 2.78. The number of hydrogen-bond acceptors (Lipinski definition) is 4. The molecule has 3 N–H and O–H groups in total. The third-order valence-corrected chi connectivity index (χ3v) is 4.23. The van der Waals surface area contributed by atoms with Gasteiger partial charge in [-0.05, 0) is 30.2 Å². The van der Waals surface area contributed by atoms with Crippen molar-refractivity contribution in [3.8, 4) is 0 Å². The van der Waals surface area contributed by atoms with E-state index in [9.17, 15) is 12.8 Å². The van der Waals surface area contributed by atoms with Crippen molar-refractivity contribution in [2.24, 2.45) is 0 Å². The summed E-state index contributed by atoms with van der Waals surface area (Å²) >= 11 is 0. The molecule has 0 fully saturated rings. The van der Waals surface area contributed by atoms with E-state index in [1.54, 1.807) is 12.1 Å². The highest BCUT2D eigenvalue weighted by molar-refractivity contribution is 7.92. The Morgan fingerprint density at radius 2 is 2.10 bits per heavy atom. The number of nitrogens with two attached hydrogens (primary N) is 1. The highest BCUT2D eigenvalue weighted by atomic mass is 32.2. The van der Waals surface area contributed by atoms with Gasteiger partial charge in [0, 0.05) is 11.9 Å². The Hall–Kier alpha value is -2.15. The third kappa shape index (κ3) is 2.88. The number of nitrogens with zero attached hydrogens (tertiary/aromatic N) is 1. The van der Waals surface area contributed by atoms with E-state index in [1.165, 1.54) is 18.3 Å². The first kappa shape index (κ1) is 14.3. The number of benzene rings is 1. The summed E-state index contributed by atoms with van der Waals surface area (Å²) in [7, 11) is -3.90. The van der Waals surface area contributed by atoms with E-state index in [0.717, 1.165) is 6.20 Å². The molecule has 0 radical (unpaired) electrons. The average molecular weight is 295 g/mol. The fraction of sp³-hybridized carbons (Fsp3) is 0.154. The molecular weight excluding hydrogens is 281 g/mol. The van der Waals surface area contributed by atoms with Crippen LogP contribution in [0.15, 0.2) is 41.6 Å². The van der Waals surface area contributed by atoms with E-state index >= 15 is 0 Å². The van der Waals surface area contributed by atoms with Crippen LogP contribution in [-0.4, -0.2) is 13.4 Å². The van der Waals surface area contributed by atoms with E-state index in [4.69, 9.17) is 5.73 Å². The molecule has 20 heavy (non-hydrogen) atoms. The standard InChI is InChI=1S/C13H14FN3O2S/c1-2-9-3-4-10(15)7-13(9)20(18,19)17-12-5-6-16-8-11(12)14/h3-8H,2,15H2,1H3,(H,16,17). The molecule has 2 rings (SSSR count). The largest absolute Gasteiger partial charge is 0.399 e. The van der Waals surface area contributed by atoms with Gasteiger partial charge in [0.25, 0.3) is 10.0 Å². The number of pyridine rings is 1. The van der Waals surface area contributed by atoms with Gasteiger partial charge in [0.05, 0.1) is 16.8 Å². The molecule has 0 bridgehead atoms. The molecule has 0 aliphatic rings. The summed E-state index contributed by atoms with van der Waals surface area (Å²) in [4.78, 5) is 3.62. The zero-order valence-electron chi connectivity index (χ0n) is 10.8. The van der Waals surface area contributed by atoms with E-state index in [-0.39, 0.29) is 10.6 Å². The van der Waals surface area contributed by atoms with Crippen molar-refractivity contribution in [2.45, 2.75) is 18.2 Å². The predicted octanol–water partition coefficient (Wildman–Crippen LogP) is 2.17. The van der Waals surface area contributed by atoms with Crippen LogP contribution in [0.1, 0.15) is 12.5 Å². The van der Waals surface area contributed by atoms with E-state index in [2.05, 4.69) is 9.71 Å². The number of nitrogen functional groups attached to an aromatic ring is 1. The average Bonchev–Trinajstić information content (AvgIpc) is 2.41. The van der Waals surface area contributed by atoms with Crippen molar-refractivity contribution >= 4 is 21.4 Å². The molecule has 0 aliphatic heterocycles. The Balaban J connectivity index is 2.46.